The number of fused-ring (bicyclic) bond motifs is 1. The van der Waals surface area contributed by atoms with Crippen LogP contribution in [-0.2, 0) is 24.1 Å². The molecule has 0 fully saturated rings. The van der Waals surface area contributed by atoms with E-state index in [9.17, 15) is 9.59 Å². The number of nitrogens with one attached hydrogen (secondary N) is 2. The van der Waals surface area contributed by atoms with Crippen molar-refractivity contribution in [3.05, 3.63) is 69.6 Å². The summed E-state index contributed by atoms with van der Waals surface area (Å²) in [7, 11) is 4.58. The van der Waals surface area contributed by atoms with E-state index in [0.717, 1.165) is 35.4 Å². The third-order valence-electron chi connectivity index (χ3n) is 6.23. The van der Waals surface area contributed by atoms with Crippen LogP contribution in [0, 0.1) is 5.92 Å². The molecule has 1 aliphatic carbocycles. The molecule has 1 heterocycles. The van der Waals surface area contributed by atoms with E-state index in [1.165, 1.54) is 12.0 Å². The standard InChI is InChI=1S/C27H30N2O5S/c1-16-8-13-20-22(14-16)35-26(28-15-18-6-5-7-21(32-2)24(18)33-3)23(20)25(30)29-19-11-9-17(10-12-19)27(31)34-4/h5-7,9-12,16,28H,8,13-15H2,1-4H3,(H,29,30). The van der Waals surface area contributed by atoms with Crippen LogP contribution in [0.4, 0.5) is 10.7 Å². The zero-order valence-electron chi connectivity index (χ0n) is 20.4. The minimum Gasteiger partial charge on any atom is -0.493 e. The number of esters is 1. The Morgan fingerprint density at radius 3 is 2.51 bits per heavy atom. The minimum absolute atomic E-state index is 0.164. The van der Waals surface area contributed by atoms with Crippen LogP contribution < -0.4 is 20.1 Å². The molecule has 8 heteroatoms. The van der Waals surface area contributed by atoms with Gasteiger partial charge in [-0.25, -0.2) is 4.79 Å². The van der Waals surface area contributed by atoms with Crippen molar-refractivity contribution in [2.24, 2.45) is 5.92 Å². The average Bonchev–Trinajstić information content (AvgIpc) is 3.24. The molecule has 35 heavy (non-hydrogen) atoms. The quantitative estimate of drug-likeness (QED) is 0.400. The summed E-state index contributed by atoms with van der Waals surface area (Å²) in [5.74, 6) is 1.36. The summed E-state index contributed by atoms with van der Waals surface area (Å²) in [6.45, 7) is 2.74. The molecular formula is C27H30N2O5S. The Labute approximate surface area is 209 Å². The van der Waals surface area contributed by atoms with Crippen LogP contribution >= 0.6 is 11.3 Å². The lowest BCUT2D eigenvalue weighted by Gasteiger charge is -2.19. The SMILES string of the molecule is COC(=O)c1ccc(NC(=O)c2c(NCc3cccc(OC)c3OC)sc3c2CCC(C)C3)cc1. The summed E-state index contributed by atoms with van der Waals surface area (Å²) < 4.78 is 15.7. The predicted molar refractivity (Wildman–Crippen MR) is 138 cm³/mol. The van der Waals surface area contributed by atoms with Gasteiger partial charge in [0, 0.05) is 22.7 Å². The monoisotopic (exact) mass is 494 g/mol. The Morgan fingerprint density at radius 2 is 1.83 bits per heavy atom. The third kappa shape index (κ3) is 5.27. The van der Waals surface area contributed by atoms with E-state index in [-0.39, 0.29) is 5.91 Å². The fourth-order valence-corrected chi connectivity index (χ4v) is 5.79. The van der Waals surface area contributed by atoms with Crippen LogP contribution in [0.5, 0.6) is 11.5 Å². The van der Waals surface area contributed by atoms with Crippen molar-refractivity contribution in [3.8, 4) is 11.5 Å². The maximum Gasteiger partial charge on any atom is 0.337 e. The first-order chi connectivity index (χ1) is 16.9. The number of hydrogen-bond donors (Lipinski definition) is 2. The van der Waals surface area contributed by atoms with Gasteiger partial charge in [-0.05, 0) is 61.1 Å². The molecular weight excluding hydrogens is 464 g/mol. The molecule has 184 valence electrons. The second-order valence-corrected chi connectivity index (χ2v) is 9.69. The number of rotatable bonds is 8. The maximum atomic E-state index is 13.5. The van der Waals surface area contributed by atoms with Crippen molar-refractivity contribution in [1.29, 1.82) is 0 Å². The molecule has 1 unspecified atom stereocenters. The zero-order chi connectivity index (χ0) is 24.9. The second kappa shape index (κ2) is 10.8. The molecule has 1 aromatic heterocycles. The average molecular weight is 495 g/mol. The number of ether oxygens (including phenoxy) is 3. The fourth-order valence-electron chi connectivity index (χ4n) is 4.39. The highest BCUT2D eigenvalue weighted by Crippen LogP contribution is 2.41. The van der Waals surface area contributed by atoms with Crippen LogP contribution in [0.25, 0.3) is 0 Å². The summed E-state index contributed by atoms with van der Waals surface area (Å²) in [6, 6.07) is 12.5. The lowest BCUT2D eigenvalue weighted by Crippen LogP contribution is -2.18. The van der Waals surface area contributed by atoms with E-state index in [2.05, 4.69) is 17.6 Å². The highest BCUT2D eigenvalue weighted by atomic mass is 32.1. The van der Waals surface area contributed by atoms with Gasteiger partial charge in [0.15, 0.2) is 11.5 Å². The molecule has 1 atom stereocenters. The van der Waals surface area contributed by atoms with Crippen molar-refractivity contribution in [2.75, 3.05) is 32.0 Å². The summed E-state index contributed by atoms with van der Waals surface area (Å²) >= 11 is 1.65. The molecule has 4 rings (SSSR count). The number of benzene rings is 2. The van der Waals surface area contributed by atoms with Gasteiger partial charge >= 0.3 is 5.97 Å². The first-order valence-corrected chi connectivity index (χ1v) is 12.3. The van der Waals surface area contributed by atoms with Gasteiger partial charge in [0.1, 0.15) is 5.00 Å². The molecule has 1 aliphatic rings. The van der Waals surface area contributed by atoms with Gasteiger partial charge in [0.25, 0.3) is 5.91 Å². The van der Waals surface area contributed by atoms with Crippen molar-refractivity contribution < 1.29 is 23.8 Å². The molecule has 0 aliphatic heterocycles. The summed E-state index contributed by atoms with van der Waals surface area (Å²) in [6.07, 6.45) is 2.90. The molecule has 3 aromatic rings. The molecule has 2 aromatic carbocycles. The van der Waals surface area contributed by atoms with E-state index in [1.807, 2.05) is 18.2 Å². The van der Waals surface area contributed by atoms with E-state index in [0.29, 0.717) is 40.8 Å². The number of methoxy groups -OCH3 is 3. The van der Waals surface area contributed by atoms with Crippen molar-refractivity contribution in [3.63, 3.8) is 0 Å². The molecule has 0 radical (unpaired) electrons. The predicted octanol–water partition coefficient (Wildman–Crippen LogP) is 5.54. The lowest BCUT2D eigenvalue weighted by atomic mass is 9.88. The zero-order valence-corrected chi connectivity index (χ0v) is 21.2. The van der Waals surface area contributed by atoms with Gasteiger partial charge in [-0.2, -0.15) is 0 Å². The number of carbonyl (C=O) groups is 2. The van der Waals surface area contributed by atoms with Crippen molar-refractivity contribution >= 4 is 33.9 Å². The number of anilines is 2. The smallest absolute Gasteiger partial charge is 0.337 e. The topological polar surface area (TPSA) is 85.9 Å². The minimum atomic E-state index is -0.414. The fraction of sp³-hybridized carbons (Fsp3) is 0.333. The molecule has 1 amide bonds. The number of para-hydroxylation sites is 1. The molecule has 2 N–H and O–H groups in total. The number of hydrogen-bond acceptors (Lipinski definition) is 7. The molecule has 0 saturated heterocycles. The normalized spacial score (nSPS) is 14.6. The van der Waals surface area contributed by atoms with Crippen molar-refractivity contribution in [2.45, 2.75) is 32.7 Å². The Morgan fingerprint density at radius 1 is 1.06 bits per heavy atom. The summed E-state index contributed by atoms with van der Waals surface area (Å²) in [5, 5.41) is 7.33. The van der Waals surface area contributed by atoms with E-state index >= 15 is 0 Å². The van der Waals surface area contributed by atoms with E-state index in [1.54, 1.807) is 49.8 Å². The van der Waals surface area contributed by atoms with Gasteiger partial charge in [-0.15, -0.1) is 11.3 Å². The summed E-state index contributed by atoms with van der Waals surface area (Å²) in [5.41, 5.74) is 3.80. The van der Waals surface area contributed by atoms with Crippen LogP contribution in [0.1, 0.15) is 50.1 Å². The Balaban J connectivity index is 1.60. The first kappa shape index (κ1) is 24.6. The van der Waals surface area contributed by atoms with Gasteiger partial charge in [0.05, 0.1) is 32.5 Å². The van der Waals surface area contributed by atoms with Gasteiger partial charge in [0.2, 0.25) is 0 Å². The maximum absolute atomic E-state index is 13.5. The largest absolute Gasteiger partial charge is 0.493 e. The summed E-state index contributed by atoms with van der Waals surface area (Å²) in [4.78, 5) is 26.4. The highest BCUT2D eigenvalue weighted by molar-refractivity contribution is 7.16. The molecule has 7 nitrogen and oxygen atoms in total. The van der Waals surface area contributed by atoms with Crippen LogP contribution in [0.15, 0.2) is 42.5 Å². The van der Waals surface area contributed by atoms with E-state index in [4.69, 9.17) is 14.2 Å². The van der Waals surface area contributed by atoms with E-state index < -0.39 is 5.97 Å². The number of thiophene rings is 1. The van der Waals surface area contributed by atoms with Gasteiger partial charge in [-0.3, -0.25) is 4.79 Å². The lowest BCUT2D eigenvalue weighted by molar-refractivity contribution is 0.0600. The molecule has 0 bridgehead atoms. The van der Waals surface area contributed by atoms with Crippen LogP contribution in [0.2, 0.25) is 0 Å². The number of amides is 1. The molecule has 0 saturated carbocycles. The van der Waals surface area contributed by atoms with Crippen molar-refractivity contribution in [1.82, 2.24) is 0 Å². The Kier molecular flexibility index (Phi) is 7.60. The number of carbonyl (C=O) groups excluding carboxylic acids is 2. The second-order valence-electron chi connectivity index (χ2n) is 8.59. The third-order valence-corrected chi connectivity index (χ3v) is 7.44. The van der Waals surface area contributed by atoms with Gasteiger partial charge < -0.3 is 24.8 Å². The van der Waals surface area contributed by atoms with Gasteiger partial charge in [-0.1, -0.05) is 19.1 Å². The Hall–Kier alpha value is -3.52. The van der Waals surface area contributed by atoms with Crippen LogP contribution in [-0.4, -0.2) is 33.2 Å². The highest BCUT2D eigenvalue weighted by Gasteiger charge is 2.28. The van der Waals surface area contributed by atoms with Crippen LogP contribution in [0.3, 0.4) is 0 Å². The molecule has 0 spiro atoms. The Bertz CT molecular complexity index is 1220. The first-order valence-electron chi connectivity index (χ1n) is 11.5.